The summed E-state index contributed by atoms with van der Waals surface area (Å²) < 4.78 is 5.11. The van der Waals surface area contributed by atoms with Gasteiger partial charge in [-0.15, -0.1) is 0 Å². The van der Waals surface area contributed by atoms with E-state index in [-0.39, 0.29) is 6.10 Å². The number of aromatic amines is 1. The summed E-state index contributed by atoms with van der Waals surface area (Å²) in [4.78, 5) is 7.05. The third kappa shape index (κ3) is 1.96. The van der Waals surface area contributed by atoms with Crippen molar-refractivity contribution in [3.8, 4) is 0 Å². The molecule has 0 saturated carbocycles. The molecule has 14 heavy (non-hydrogen) atoms. The molecule has 3 unspecified atom stereocenters. The Balaban J connectivity index is 1.98. The Morgan fingerprint density at radius 1 is 1.64 bits per heavy atom. The summed E-state index contributed by atoms with van der Waals surface area (Å²) in [5.41, 5.74) is 1.10. The lowest BCUT2D eigenvalue weighted by molar-refractivity contribution is 0.155. The van der Waals surface area contributed by atoms with E-state index in [2.05, 4.69) is 23.8 Å². The largest absolute Gasteiger partial charge is 0.366 e. The van der Waals surface area contributed by atoms with Crippen LogP contribution in [0.5, 0.6) is 0 Å². The van der Waals surface area contributed by atoms with Gasteiger partial charge in [0.2, 0.25) is 0 Å². The Labute approximate surface area is 83.3 Å². The van der Waals surface area contributed by atoms with E-state index in [1.807, 2.05) is 6.20 Å². The van der Waals surface area contributed by atoms with Crippen LogP contribution in [0.15, 0.2) is 12.5 Å². The van der Waals surface area contributed by atoms with Gasteiger partial charge in [0, 0.05) is 11.9 Å². The maximum absolute atomic E-state index is 9.23. The summed E-state index contributed by atoms with van der Waals surface area (Å²) in [6.45, 7) is 4.30. The second-order valence-electron chi connectivity index (χ2n) is 4.18. The van der Waals surface area contributed by atoms with Crippen LogP contribution >= 0.6 is 0 Å². The summed E-state index contributed by atoms with van der Waals surface area (Å²) in [6, 6.07) is 0. The number of hydrogen-bond acceptors (Lipinski definition) is 3. The van der Waals surface area contributed by atoms with Crippen molar-refractivity contribution in [2.45, 2.75) is 32.7 Å². The second-order valence-corrected chi connectivity index (χ2v) is 4.18. The van der Waals surface area contributed by atoms with Crippen LogP contribution in [-0.2, 0) is 11.2 Å². The first kappa shape index (κ1) is 9.68. The van der Waals surface area contributed by atoms with Gasteiger partial charge in [-0.1, -0.05) is 13.8 Å². The minimum absolute atomic E-state index is 0.0123. The molecule has 78 valence electrons. The molecule has 1 saturated heterocycles. The van der Waals surface area contributed by atoms with Crippen molar-refractivity contribution in [3.63, 3.8) is 0 Å². The molecule has 2 N–H and O–H groups in total. The summed E-state index contributed by atoms with van der Waals surface area (Å²) >= 11 is 0. The van der Waals surface area contributed by atoms with E-state index in [0.29, 0.717) is 11.8 Å². The fourth-order valence-electron chi connectivity index (χ4n) is 1.81. The number of hydrogen-bond donors (Lipinski definition) is 2. The van der Waals surface area contributed by atoms with Gasteiger partial charge in [0.05, 0.1) is 6.33 Å². The van der Waals surface area contributed by atoms with Crippen LogP contribution in [0, 0.1) is 11.8 Å². The molecule has 0 bridgehead atoms. The van der Waals surface area contributed by atoms with Gasteiger partial charge in [-0.2, -0.15) is 0 Å². The number of rotatable bonds is 4. The number of ether oxygens (including phenoxy) is 1. The minimum atomic E-state index is -0.551. The van der Waals surface area contributed by atoms with Crippen LogP contribution in [0.1, 0.15) is 19.5 Å². The van der Waals surface area contributed by atoms with Gasteiger partial charge in [-0.3, -0.25) is 0 Å². The van der Waals surface area contributed by atoms with Crippen molar-refractivity contribution < 1.29 is 9.84 Å². The predicted molar refractivity (Wildman–Crippen MR) is 51.5 cm³/mol. The Morgan fingerprint density at radius 3 is 2.79 bits per heavy atom. The van der Waals surface area contributed by atoms with Crippen LogP contribution < -0.4 is 0 Å². The summed E-state index contributed by atoms with van der Waals surface area (Å²) in [7, 11) is 0. The van der Waals surface area contributed by atoms with Gasteiger partial charge in [0.25, 0.3) is 0 Å². The van der Waals surface area contributed by atoms with Gasteiger partial charge < -0.3 is 14.8 Å². The zero-order valence-electron chi connectivity index (χ0n) is 8.47. The third-order valence-electron chi connectivity index (χ3n) is 2.79. The highest BCUT2D eigenvalue weighted by Gasteiger charge is 2.44. The monoisotopic (exact) mass is 196 g/mol. The van der Waals surface area contributed by atoms with Crippen molar-refractivity contribution in [1.82, 2.24) is 9.97 Å². The standard InChI is InChI=1S/C10H16N2O2/c1-6(2)8(9-10(13)14-9)3-7-4-11-5-12-7/h4-6,8-10,13H,3H2,1-2H3,(H,11,12). The molecule has 0 spiro atoms. The Morgan fingerprint density at radius 2 is 2.36 bits per heavy atom. The van der Waals surface area contributed by atoms with Crippen molar-refractivity contribution in [3.05, 3.63) is 18.2 Å². The van der Waals surface area contributed by atoms with E-state index in [0.717, 1.165) is 12.1 Å². The number of epoxide rings is 1. The van der Waals surface area contributed by atoms with Crippen molar-refractivity contribution >= 4 is 0 Å². The first-order valence-electron chi connectivity index (χ1n) is 4.99. The highest BCUT2D eigenvalue weighted by Crippen LogP contribution is 2.34. The first-order valence-corrected chi connectivity index (χ1v) is 4.99. The second kappa shape index (κ2) is 3.71. The highest BCUT2D eigenvalue weighted by atomic mass is 16.7. The highest BCUT2D eigenvalue weighted by molar-refractivity contribution is 5.00. The molecule has 3 atom stereocenters. The van der Waals surface area contributed by atoms with E-state index in [1.165, 1.54) is 0 Å². The molecule has 0 amide bonds. The molecule has 1 aromatic rings. The first-order chi connectivity index (χ1) is 6.68. The number of aliphatic hydroxyl groups is 1. The lowest BCUT2D eigenvalue weighted by Gasteiger charge is -2.17. The zero-order chi connectivity index (χ0) is 10.1. The molecule has 1 aliphatic heterocycles. The van der Waals surface area contributed by atoms with E-state index < -0.39 is 6.29 Å². The average molecular weight is 196 g/mol. The number of aliphatic hydroxyl groups excluding tert-OH is 1. The summed E-state index contributed by atoms with van der Waals surface area (Å²) in [6.07, 6.45) is 3.85. The number of imidazole rings is 1. The quantitative estimate of drug-likeness (QED) is 0.704. The molecule has 2 rings (SSSR count). The van der Waals surface area contributed by atoms with Gasteiger partial charge in [-0.25, -0.2) is 4.98 Å². The van der Waals surface area contributed by atoms with E-state index in [9.17, 15) is 5.11 Å². The number of nitrogens with one attached hydrogen (secondary N) is 1. The molecule has 1 aliphatic rings. The van der Waals surface area contributed by atoms with Gasteiger partial charge in [-0.05, 0) is 18.3 Å². The Bertz CT molecular complexity index is 284. The van der Waals surface area contributed by atoms with Crippen LogP contribution in [0.3, 0.4) is 0 Å². The normalized spacial score (nSPS) is 28.0. The molecule has 4 heteroatoms. The molecule has 0 radical (unpaired) electrons. The van der Waals surface area contributed by atoms with Crippen molar-refractivity contribution in [2.75, 3.05) is 0 Å². The molecular weight excluding hydrogens is 180 g/mol. The molecule has 2 heterocycles. The summed E-state index contributed by atoms with van der Waals surface area (Å²) in [5.74, 6) is 0.867. The number of nitrogens with zero attached hydrogens (tertiary/aromatic N) is 1. The fraction of sp³-hybridized carbons (Fsp3) is 0.700. The lowest BCUT2D eigenvalue weighted by atomic mass is 9.88. The Kier molecular flexibility index (Phi) is 2.56. The van der Waals surface area contributed by atoms with Gasteiger partial charge in [0.1, 0.15) is 6.10 Å². The van der Waals surface area contributed by atoms with Crippen molar-refractivity contribution in [2.24, 2.45) is 11.8 Å². The van der Waals surface area contributed by atoms with Crippen molar-refractivity contribution in [1.29, 1.82) is 0 Å². The van der Waals surface area contributed by atoms with E-state index in [4.69, 9.17) is 4.74 Å². The maximum Gasteiger partial charge on any atom is 0.182 e. The van der Waals surface area contributed by atoms with Gasteiger partial charge >= 0.3 is 0 Å². The third-order valence-corrected chi connectivity index (χ3v) is 2.79. The van der Waals surface area contributed by atoms with E-state index in [1.54, 1.807) is 6.33 Å². The predicted octanol–water partition coefficient (Wildman–Crippen LogP) is 0.942. The topological polar surface area (TPSA) is 61.4 Å². The zero-order valence-corrected chi connectivity index (χ0v) is 8.47. The molecule has 0 aliphatic carbocycles. The minimum Gasteiger partial charge on any atom is -0.366 e. The van der Waals surface area contributed by atoms with Crippen LogP contribution in [-0.4, -0.2) is 27.5 Å². The fourth-order valence-corrected chi connectivity index (χ4v) is 1.81. The summed E-state index contributed by atoms with van der Waals surface area (Å²) in [5, 5.41) is 9.23. The average Bonchev–Trinajstić information content (AvgIpc) is 2.68. The maximum atomic E-state index is 9.23. The molecule has 4 nitrogen and oxygen atoms in total. The lowest BCUT2D eigenvalue weighted by Crippen LogP contribution is -2.20. The Hall–Kier alpha value is -0.870. The van der Waals surface area contributed by atoms with Crippen LogP contribution in [0.2, 0.25) is 0 Å². The smallest absolute Gasteiger partial charge is 0.182 e. The molecule has 0 aromatic carbocycles. The number of aromatic nitrogens is 2. The molecule has 1 aromatic heterocycles. The van der Waals surface area contributed by atoms with Crippen LogP contribution in [0.25, 0.3) is 0 Å². The molecular formula is C10H16N2O2. The SMILES string of the molecule is CC(C)C(Cc1cnc[nH]1)C1OC1O. The van der Waals surface area contributed by atoms with E-state index >= 15 is 0 Å². The van der Waals surface area contributed by atoms with Crippen LogP contribution in [0.4, 0.5) is 0 Å². The number of H-pyrrole nitrogens is 1. The van der Waals surface area contributed by atoms with Gasteiger partial charge in [0.15, 0.2) is 6.29 Å². The molecule has 1 fully saturated rings.